The molecule has 4 rings (SSSR count). The van der Waals surface area contributed by atoms with E-state index in [0.717, 1.165) is 11.3 Å². The first-order chi connectivity index (χ1) is 14.6. The molecule has 0 bridgehead atoms. The lowest BCUT2D eigenvalue weighted by atomic mass is 10.2. The van der Waals surface area contributed by atoms with Crippen LogP contribution in [0.4, 0.5) is 11.4 Å². The molecule has 1 aliphatic rings. The Morgan fingerprint density at radius 2 is 1.60 bits per heavy atom. The molecule has 6 nitrogen and oxygen atoms in total. The number of amides is 2. The molecule has 0 aromatic heterocycles. The Balaban J connectivity index is 1.40. The number of carbonyl (C=O) groups is 2. The Morgan fingerprint density at radius 1 is 0.933 bits per heavy atom. The second-order valence-electron chi connectivity index (χ2n) is 6.89. The Kier molecular flexibility index (Phi) is 5.48. The van der Waals surface area contributed by atoms with Crippen LogP contribution in [0.3, 0.4) is 0 Å². The van der Waals surface area contributed by atoms with Crippen LogP contribution in [0.25, 0.3) is 0 Å². The number of hydrogen-bond acceptors (Lipinski definition) is 4. The quantitative estimate of drug-likeness (QED) is 0.660. The molecule has 2 N–H and O–H groups in total. The zero-order chi connectivity index (χ0) is 20.9. The van der Waals surface area contributed by atoms with Gasteiger partial charge in [-0.15, -0.1) is 0 Å². The van der Waals surface area contributed by atoms with E-state index in [1.165, 1.54) is 5.01 Å². The highest BCUT2D eigenvalue weighted by Crippen LogP contribution is 2.23. The van der Waals surface area contributed by atoms with E-state index in [1.54, 1.807) is 30.3 Å². The number of carbonyl (C=O) groups excluding carboxylic acids is 2. The number of aryl methyl sites for hydroxylation is 1. The fourth-order valence-corrected chi connectivity index (χ4v) is 2.98. The highest BCUT2D eigenvalue weighted by molar-refractivity contribution is 6.06. The van der Waals surface area contributed by atoms with Crippen LogP contribution in [0.2, 0.25) is 0 Å². The Morgan fingerprint density at radius 3 is 2.30 bits per heavy atom. The van der Waals surface area contributed by atoms with Gasteiger partial charge >= 0.3 is 0 Å². The molecule has 1 heterocycles. The van der Waals surface area contributed by atoms with Gasteiger partial charge in [-0.2, -0.15) is 0 Å². The van der Waals surface area contributed by atoms with E-state index in [-0.39, 0.29) is 18.2 Å². The predicted molar refractivity (Wildman–Crippen MR) is 116 cm³/mol. The number of nitrogens with zero attached hydrogens (tertiary/aromatic N) is 1. The highest BCUT2D eigenvalue weighted by Gasteiger charge is 2.24. The highest BCUT2D eigenvalue weighted by atomic mass is 16.5. The van der Waals surface area contributed by atoms with E-state index in [0.29, 0.717) is 22.8 Å². The van der Waals surface area contributed by atoms with Crippen molar-refractivity contribution in [2.45, 2.75) is 13.3 Å². The molecule has 0 fully saturated rings. The fourth-order valence-electron chi connectivity index (χ4n) is 2.98. The lowest BCUT2D eigenvalue weighted by molar-refractivity contribution is -0.119. The average molecular weight is 399 g/mol. The molecular weight excluding hydrogens is 378 g/mol. The molecule has 0 spiro atoms. The van der Waals surface area contributed by atoms with Crippen molar-refractivity contribution in [2.75, 3.05) is 10.3 Å². The maximum absolute atomic E-state index is 12.7. The fraction of sp³-hybridized carbons (Fsp3) is 0.0833. The van der Waals surface area contributed by atoms with Crippen LogP contribution in [0.1, 0.15) is 12.0 Å². The van der Waals surface area contributed by atoms with Crippen LogP contribution in [0, 0.1) is 6.92 Å². The summed E-state index contributed by atoms with van der Waals surface area (Å²) in [5.41, 5.74) is 5.64. The van der Waals surface area contributed by atoms with Gasteiger partial charge in [0.1, 0.15) is 17.2 Å². The summed E-state index contributed by atoms with van der Waals surface area (Å²) in [6.45, 7) is 1.98. The average Bonchev–Trinajstić information content (AvgIpc) is 2.77. The molecular formula is C24H21N3O3. The van der Waals surface area contributed by atoms with Crippen LogP contribution < -0.4 is 20.5 Å². The number of rotatable bonds is 5. The van der Waals surface area contributed by atoms with Crippen molar-refractivity contribution in [1.29, 1.82) is 0 Å². The number of hydrogen-bond donors (Lipinski definition) is 2. The van der Waals surface area contributed by atoms with E-state index in [9.17, 15) is 9.59 Å². The molecule has 2 amide bonds. The molecule has 0 radical (unpaired) electrons. The summed E-state index contributed by atoms with van der Waals surface area (Å²) >= 11 is 0. The van der Waals surface area contributed by atoms with E-state index in [4.69, 9.17) is 4.74 Å². The van der Waals surface area contributed by atoms with Crippen molar-refractivity contribution in [2.24, 2.45) is 0 Å². The Bertz CT molecular complexity index is 1070. The third-order valence-corrected chi connectivity index (χ3v) is 4.59. The molecule has 0 saturated heterocycles. The van der Waals surface area contributed by atoms with Gasteiger partial charge in [0.2, 0.25) is 5.91 Å². The smallest absolute Gasteiger partial charge is 0.273 e. The Labute approximate surface area is 174 Å². The van der Waals surface area contributed by atoms with Crippen LogP contribution in [-0.2, 0) is 9.59 Å². The van der Waals surface area contributed by atoms with Crippen LogP contribution in [0.5, 0.6) is 11.5 Å². The number of benzene rings is 3. The van der Waals surface area contributed by atoms with Crippen molar-refractivity contribution in [1.82, 2.24) is 5.43 Å². The SMILES string of the molecule is Cc1ccc(N2NC(C(=O)Nc3ccc(Oc4ccccc4)cc3)=CCC2=O)cc1. The first-order valence-corrected chi connectivity index (χ1v) is 9.59. The molecule has 0 unspecified atom stereocenters. The summed E-state index contributed by atoms with van der Waals surface area (Å²) in [7, 11) is 0. The summed E-state index contributed by atoms with van der Waals surface area (Å²) in [5.74, 6) is 0.964. The van der Waals surface area contributed by atoms with Gasteiger partial charge in [0.05, 0.1) is 5.69 Å². The van der Waals surface area contributed by atoms with Crippen molar-refractivity contribution in [3.63, 3.8) is 0 Å². The standard InChI is InChI=1S/C24H21N3O3/c1-17-7-11-19(12-8-17)27-23(28)16-15-22(26-27)24(29)25-18-9-13-21(14-10-18)30-20-5-3-2-4-6-20/h2-15,26H,16H2,1H3,(H,25,29). The number of para-hydroxylation sites is 1. The van der Waals surface area contributed by atoms with Crippen LogP contribution >= 0.6 is 0 Å². The topological polar surface area (TPSA) is 70.7 Å². The number of ether oxygens (including phenoxy) is 1. The third kappa shape index (κ3) is 4.50. The summed E-state index contributed by atoms with van der Waals surface area (Å²) in [6.07, 6.45) is 1.74. The number of anilines is 2. The lowest BCUT2D eigenvalue weighted by Crippen LogP contribution is -2.47. The largest absolute Gasteiger partial charge is 0.457 e. The summed E-state index contributed by atoms with van der Waals surface area (Å²) in [5, 5.41) is 4.23. The summed E-state index contributed by atoms with van der Waals surface area (Å²) in [4.78, 5) is 24.9. The lowest BCUT2D eigenvalue weighted by Gasteiger charge is -2.28. The second-order valence-corrected chi connectivity index (χ2v) is 6.89. The third-order valence-electron chi connectivity index (χ3n) is 4.59. The molecule has 0 aliphatic carbocycles. The van der Waals surface area contributed by atoms with Gasteiger partial charge in [-0.3, -0.25) is 15.0 Å². The number of nitrogens with one attached hydrogen (secondary N) is 2. The maximum atomic E-state index is 12.7. The van der Waals surface area contributed by atoms with Gasteiger partial charge < -0.3 is 10.1 Å². The molecule has 30 heavy (non-hydrogen) atoms. The molecule has 0 atom stereocenters. The van der Waals surface area contributed by atoms with Gasteiger partial charge in [0.25, 0.3) is 5.91 Å². The van der Waals surface area contributed by atoms with E-state index in [1.807, 2.05) is 61.5 Å². The summed E-state index contributed by atoms with van der Waals surface area (Å²) < 4.78 is 5.76. The molecule has 3 aromatic rings. The van der Waals surface area contributed by atoms with Gasteiger partial charge in [0, 0.05) is 12.1 Å². The first-order valence-electron chi connectivity index (χ1n) is 9.59. The zero-order valence-electron chi connectivity index (χ0n) is 16.5. The molecule has 0 saturated carbocycles. The van der Waals surface area contributed by atoms with E-state index >= 15 is 0 Å². The molecule has 6 heteroatoms. The molecule has 150 valence electrons. The predicted octanol–water partition coefficient (Wildman–Crippen LogP) is 4.55. The monoisotopic (exact) mass is 399 g/mol. The minimum atomic E-state index is -0.323. The van der Waals surface area contributed by atoms with Gasteiger partial charge in [-0.25, -0.2) is 5.01 Å². The van der Waals surface area contributed by atoms with Gasteiger partial charge in [-0.1, -0.05) is 35.9 Å². The first kappa shape index (κ1) is 19.3. The van der Waals surface area contributed by atoms with Crippen molar-refractivity contribution >= 4 is 23.2 Å². The maximum Gasteiger partial charge on any atom is 0.273 e. The molecule has 3 aromatic carbocycles. The number of hydrazine groups is 1. The van der Waals surface area contributed by atoms with E-state index < -0.39 is 0 Å². The van der Waals surface area contributed by atoms with Crippen LogP contribution in [0.15, 0.2) is 90.6 Å². The van der Waals surface area contributed by atoms with Gasteiger partial charge in [0.15, 0.2) is 0 Å². The Hall–Kier alpha value is -4.06. The second kappa shape index (κ2) is 8.53. The van der Waals surface area contributed by atoms with Crippen molar-refractivity contribution in [3.05, 3.63) is 96.2 Å². The van der Waals surface area contributed by atoms with Gasteiger partial charge in [-0.05, 0) is 61.5 Å². The normalized spacial score (nSPS) is 13.3. The summed E-state index contributed by atoms with van der Waals surface area (Å²) in [6, 6.07) is 24.1. The van der Waals surface area contributed by atoms with Crippen LogP contribution in [-0.4, -0.2) is 11.8 Å². The van der Waals surface area contributed by atoms with Crippen molar-refractivity contribution in [3.8, 4) is 11.5 Å². The molecule has 1 aliphatic heterocycles. The van der Waals surface area contributed by atoms with E-state index in [2.05, 4.69) is 10.7 Å². The zero-order valence-corrected chi connectivity index (χ0v) is 16.5. The van der Waals surface area contributed by atoms with Crippen molar-refractivity contribution < 1.29 is 14.3 Å². The minimum Gasteiger partial charge on any atom is -0.457 e. The minimum absolute atomic E-state index is 0.127.